The van der Waals surface area contributed by atoms with Crippen LogP contribution in [-0.4, -0.2) is 57.1 Å². The third kappa shape index (κ3) is 2.60. The average Bonchev–Trinajstić information content (AvgIpc) is 3.48. The number of aliphatic carboxylic acids is 1. The Labute approximate surface area is 212 Å². The molecule has 6 rings (SSSR count). The molecule has 0 radical (unpaired) electrons. The van der Waals surface area contributed by atoms with Crippen molar-refractivity contribution in [1.29, 1.82) is 0 Å². The molecule has 1 aromatic heterocycles. The molecule has 6 nitrogen and oxygen atoms in total. The molecule has 0 amide bonds. The summed E-state index contributed by atoms with van der Waals surface area (Å²) in [5.41, 5.74) is -7.50. The molecule has 3 saturated carbocycles. The summed E-state index contributed by atoms with van der Waals surface area (Å²) in [7, 11) is 0. The van der Waals surface area contributed by atoms with Gasteiger partial charge in [0.15, 0.2) is 17.1 Å². The van der Waals surface area contributed by atoms with Crippen LogP contribution in [0.25, 0.3) is 0 Å². The van der Waals surface area contributed by atoms with Crippen LogP contribution in [0.2, 0.25) is 0 Å². The topological polar surface area (TPSA) is 87.1 Å². The predicted molar refractivity (Wildman–Crippen MR) is 128 cm³/mol. The molecule has 36 heavy (non-hydrogen) atoms. The third-order valence-corrected chi connectivity index (χ3v) is 11.5. The van der Waals surface area contributed by atoms with Gasteiger partial charge in [-0.05, 0) is 60.8 Å². The fraction of sp³-hybridized carbons (Fsp3) is 0.630. The Morgan fingerprint density at radius 1 is 1.31 bits per heavy atom. The summed E-state index contributed by atoms with van der Waals surface area (Å²) in [5.74, 6) is -2.95. The van der Waals surface area contributed by atoms with Crippen molar-refractivity contribution in [2.75, 3.05) is 6.54 Å². The first-order valence-electron chi connectivity index (χ1n) is 12.5. The second kappa shape index (κ2) is 7.34. The Hall–Kier alpha value is -1.94. The minimum atomic E-state index is -2.26. The zero-order chi connectivity index (χ0) is 25.9. The SMILES string of the molecule is C[C@]12C[C@H](O)[C@@]3(F)[C@@H](C[C@H](F)C4=CC(=O)C=C[C@@]43C)[C@]1(C)C[C@H]1CN(Cc3cccs3)O[C@]12C(=O)O. The van der Waals surface area contributed by atoms with Gasteiger partial charge in [-0.15, -0.1) is 11.3 Å². The first-order valence-corrected chi connectivity index (χ1v) is 13.4. The highest BCUT2D eigenvalue weighted by atomic mass is 32.1. The molecule has 0 bridgehead atoms. The summed E-state index contributed by atoms with van der Waals surface area (Å²) in [6.07, 6.45) is 0.656. The third-order valence-electron chi connectivity index (χ3n) is 10.7. The number of carboxylic acid groups (broad SMARTS) is 1. The quantitative estimate of drug-likeness (QED) is 0.621. The molecule has 4 aliphatic carbocycles. The van der Waals surface area contributed by atoms with Crippen LogP contribution in [0.4, 0.5) is 8.78 Å². The van der Waals surface area contributed by atoms with Gasteiger partial charge in [-0.2, -0.15) is 5.06 Å². The van der Waals surface area contributed by atoms with E-state index in [4.69, 9.17) is 4.84 Å². The van der Waals surface area contributed by atoms with Gasteiger partial charge >= 0.3 is 5.97 Å². The summed E-state index contributed by atoms with van der Waals surface area (Å²) < 4.78 is 33.2. The van der Waals surface area contributed by atoms with E-state index in [9.17, 15) is 19.8 Å². The first-order chi connectivity index (χ1) is 16.8. The molecule has 2 N–H and O–H groups in total. The number of ketones is 1. The number of alkyl halides is 2. The zero-order valence-electron chi connectivity index (χ0n) is 20.5. The Bertz CT molecular complexity index is 1200. The fourth-order valence-electron chi connectivity index (χ4n) is 8.81. The Morgan fingerprint density at radius 2 is 2.06 bits per heavy atom. The van der Waals surface area contributed by atoms with Crippen LogP contribution in [-0.2, 0) is 21.0 Å². The normalized spacial score (nSPS) is 49.7. The summed E-state index contributed by atoms with van der Waals surface area (Å²) in [5, 5.41) is 25.8. The van der Waals surface area contributed by atoms with Crippen LogP contribution in [0.3, 0.4) is 0 Å². The van der Waals surface area contributed by atoms with E-state index in [0.717, 1.165) is 4.88 Å². The number of hydrogen-bond acceptors (Lipinski definition) is 6. The first kappa shape index (κ1) is 24.4. The monoisotopic (exact) mass is 519 g/mol. The lowest BCUT2D eigenvalue weighted by atomic mass is 9.40. The van der Waals surface area contributed by atoms with Gasteiger partial charge in [0.05, 0.1) is 12.6 Å². The Morgan fingerprint density at radius 3 is 2.72 bits per heavy atom. The number of halogens is 2. The molecule has 1 aliphatic heterocycles. The van der Waals surface area contributed by atoms with Gasteiger partial charge in [0.1, 0.15) is 6.17 Å². The van der Waals surface area contributed by atoms with Gasteiger partial charge in [-0.3, -0.25) is 9.63 Å². The number of nitrogens with zero attached hydrogens (tertiary/aromatic N) is 1. The van der Waals surface area contributed by atoms with Crippen molar-refractivity contribution in [3.63, 3.8) is 0 Å². The van der Waals surface area contributed by atoms with E-state index in [1.807, 2.05) is 24.4 Å². The van der Waals surface area contributed by atoms with Gasteiger partial charge < -0.3 is 10.2 Å². The number of aliphatic hydroxyl groups excluding tert-OH is 1. The van der Waals surface area contributed by atoms with Gasteiger partial charge in [0.25, 0.3) is 0 Å². The maximum Gasteiger partial charge on any atom is 0.339 e. The van der Waals surface area contributed by atoms with Crippen LogP contribution in [0.1, 0.15) is 44.9 Å². The molecule has 0 spiro atoms. The van der Waals surface area contributed by atoms with E-state index in [0.29, 0.717) is 19.5 Å². The Kier molecular flexibility index (Phi) is 4.97. The fourth-order valence-corrected chi connectivity index (χ4v) is 9.52. The van der Waals surface area contributed by atoms with Gasteiger partial charge in [0, 0.05) is 34.1 Å². The van der Waals surface area contributed by atoms with E-state index in [1.54, 1.807) is 30.2 Å². The van der Waals surface area contributed by atoms with Crippen molar-refractivity contribution in [2.45, 2.75) is 70.1 Å². The number of carboxylic acids is 1. The Balaban J connectivity index is 1.45. The maximum atomic E-state index is 17.5. The van der Waals surface area contributed by atoms with E-state index in [2.05, 4.69) is 0 Å². The summed E-state index contributed by atoms with van der Waals surface area (Å²) >= 11 is 1.56. The lowest BCUT2D eigenvalue weighted by Gasteiger charge is -2.66. The largest absolute Gasteiger partial charge is 0.479 e. The molecular weight excluding hydrogens is 488 g/mol. The molecule has 4 fully saturated rings. The van der Waals surface area contributed by atoms with Crippen molar-refractivity contribution in [3.8, 4) is 0 Å². The van der Waals surface area contributed by atoms with E-state index in [1.165, 1.54) is 18.2 Å². The number of carbonyl (C=O) groups excluding carboxylic acids is 1. The molecule has 1 saturated heterocycles. The predicted octanol–water partition coefficient (Wildman–Crippen LogP) is 4.25. The van der Waals surface area contributed by atoms with Crippen molar-refractivity contribution in [3.05, 3.63) is 46.2 Å². The molecule has 194 valence electrons. The highest BCUT2D eigenvalue weighted by Gasteiger charge is 2.83. The van der Waals surface area contributed by atoms with Crippen molar-refractivity contribution in [2.24, 2.45) is 28.1 Å². The summed E-state index contributed by atoms with van der Waals surface area (Å²) in [6, 6.07) is 3.88. The number of aliphatic hydroxyl groups is 1. The lowest BCUT2D eigenvalue weighted by molar-refractivity contribution is -0.293. The summed E-state index contributed by atoms with van der Waals surface area (Å²) in [6.45, 7) is 5.98. The summed E-state index contributed by atoms with van der Waals surface area (Å²) in [4.78, 5) is 32.4. The molecule has 1 aromatic rings. The van der Waals surface area contributed by atoms with Gasteiger partial charge in [-0.25, -0.2) is 13.6 Å². The maximum absolute atomic E-state index is 17.5. The molecule has 9 heteroatoms. The standard InChI is InChI=1S/C27H31F2NO5S/c1-23-7-6-16(31)9-18(23)19(28)10-20-24(2)11-15-13-30(14-17-5-4-8-36-17)35-27(15,22(33)34)25(24,3)12-21(32)26(20,23)29/h4-9,15,19-21,32H,10-14H2,1-3H3,(H,33,34)/t15-,19-,20-,21-,23-,24-,25-,26-,27-/m0/s1. The second-order valence-corrected chi connectivity index (χ2v) is 13.0. The number of allylic oxidation sites excluding steroid dienone is 4. The number of hydroxylamine groups is 2. The zero-order valence-corrected chi connectivity index (χ0v) is 21.4. The van der Waals surface area contributed by atoms with Crippen LogP contribution >= 0.6 is 11.3 Å². The number of carbonyl (C=O) groups is 2. The molecule has 0 unspecified atom stereocenters. The number of hydrogen-bond donors (Lipinski definition) is 2. The van der Waals surface area contributed by atoms with Gasteiger partial charge in [0.2, 0.25) is 0 Å². The van der Waals surface area contributed by atoms with E-state index in [-0.39, 0.29) is 18.4 Å². The number of fused-ring (bicyclic) bond motifs is 7. The molecule has 2 heterocycles. The number of thiophene rings is 1. The van der Waals surface area contributed by atoms with Crippen molar-refractivity contribution >= 4 is 23.1 Å². The van der Waals surface area contributed by atoms with E-state index < -0.39 is 63.4 Å². The van der Waals surface area contributed by atoms with Crippen molar-refractivity contribution < 1.29 is 33.4 Å². The highest BCUT2D eigenvalue weighted by Crippen LogP contribution is 2.77. The smallest absolute Gasteiger partial charge is 0.339 e. The van der Waals surface area contributed by atoms with Crippen molar-refractivity contribution in [1.82, 2.24) is 5.06 Å². The molecule has 0 aromatic carbocycles. The highest BCUT2D eigenvalue weighted by molar-refractivity contribution is 7.09. The van der Waals surface area contributed by atoms with Crippen LogP contribution in [0.15, 0.2) is 41.3 Å². The average molecular weight is 520 g/mol. The molecular formula is C27H31F2NO5S. The second-order valence-electron chi connectivity index (χ2n) is 12.0. The molecule has 9 atom stereocenters. The number of rotatable bonds is 3. The van der Waals surface area contributed by atoms with Crippen LogP contribution in [0.5, 0.6) is 0 Å². The van der Waals surface area contributed by atoms with E-state index >= 15 is 8.78 Å². The van der Waals surface area contributed by atoms with Crippen LogP contribution < -0.4 is 0 Å². The van der Waals surface area contributed by atoms with Crippen LogP contribution in [0, 0.1) is 28.1 Å². The minimum absolute atomic E-state index is 0.0597. The van der Waals surface area contributed by atoms with Gasteiger partial charge in [-0.1, -0.05) is 26.0 Å². The minimum Gasteiger partial charge on any atom is -0.479 e. The molecule has 5 aliphatic rings. The lowest BCUT2D eigenvalue weighted by Crippen LogP contribution is -2.73.